The van der Waals surface area contributed by atoms with Gasteiger partial charge in [-0.25, -0.2) is 0 Å². The van der Waals surface area contributed by atoms with Crippen molar-refractivity contribution in [2.45, 2.75) is 119 Å². The maximum absolute atomic E-state index is 12.8. The minimum Gasteiger partial charge on any atom is -0.481 e. The van der Waals surface area contributed by atoms with Crippen LogP contribution in [-0.4, -0.2) is 28.6 Å². The summed E-state index contributed by atoms with van der Waals surface area (Å²) < 4.78 is 0. The molecule has 2 N–H and O–H groups in total. The minimum atomic E-state index is -0.744. The van der Waals surface area contributed by atoms with Crippen LogP contribution in [0.15, 0.2) is 11.6 Å². The summed E-state index contributed by atoms with van der Waals surface area (Å²) in [5.74, 6) is 0.372. The molecule has 5 rings (SSSR count). The van der Waals surface area contributed by atoms with E-state index in [0.29, 0.717) is 23.7 Å². The van der Waals surface area contributed by atoms with Gasteiger partial charge in [0.1, 0.15) is 5.78 Å². The number of hydrogen-bond acceptors (Lipinski definition) is 3. The van der Waals surface area contributed by atoms with E-state index in [0.717, 1.165) is 64.2 Å². The molecule has 0 aromatic heterocycles. The van der Waals surface area contributed by atoms with Crippen molar-refractivity contribution in [1.29, 1.82) is 0 Å². The second-order valence-electron chi connectivity index (χ2n) is 15.4. The molecule has 4 heteroatoms. The van der Waals surface area contributed by atoms with Crippen LogP contribution in [0.5, 0.6) is 0 Å². The number of rotatable bonds is 4. The van der Waals surface area contributed by atoms with Gasteiger partial charge < -0.3 is 15.0 Å². The highest BCUT2D eigenvalue weighted by atomic mass is 16.4. The number of carboxylic acid groups (broad SMARTS) is 1. The fourth-order valence-electron chi connectivity index (χ4n) is 11.1. The van der Waals surface area contributed by atoms with Gasteiger partial charge in [-0.05, 0) is 117 Å². The maximum atomic E-state index is 12.8. The Morgan fingerprint density at radius 2 is 1.64 bits per heavy atom. The standard InChI is InChI=1S/C32H50O4/c1-21(34)18-32-12-7-11-28(4,26(35)36)24(32)10-13-30(6)25(32)9-8-22-23-19-27(2,3)14-16-31(23,20-33)17-15-29(22,30)5/h8,23-25,33H,7,9-20H2,1-6H3,(H,35,36)/t23-,24?,25+,28?,29-,30-,31-,32-/m1/s1. The molecule has 0 bridgehead atoms. The van der Waals surface area contributed by atoms with Crippen molar-refractivity contribution in [3.8, 4) is 0 Å². The van der Waals surface area contributed by atoms with E-state index in [1.165, 1.54) is 6.42 Å². The molecule has 202 valence electrons. The van der Waals surface area contributed by atoms with Crippen LogP contribution >= 0.6 is 0 Å². The molecule has 4 fully saturated rings. The monoisotopic (exact) mass is 498 g/mol. The van der Waals surface area contributed by atoms with Gasteiger partial charge in [-0.15, -0.1) is 0 Å². The Balaban J connectivity index is 1.63. The van der Waals surface area contributed by atoms with E-state index < -0.39 is 11.4 Å². The first-order valence-electron chi connectivity index (χ1n) is 14.7. The number of aliphatic carboxylic acids is 1. The third-order valence-corrected chi connectivity index (χ3v) is 13.4. The van der Waals surface area contributed by atoms with Crippen LogP contribution in [0, 0.1) is 50.2 Å². The van der Waals surface area contributed by atoms with E-state index in [1.54, 1.807) is 12.5 Å². The molecule has 4 nitrogen and oxygen atoms in total. The fraction of sp³-hybridized carbons (Fsp3) is 0.875. The van der Waals surface area contributed by atoms with Crippen molar-refractivity contribution >= 4 is 11.8 Å². The van der Waals surface area contributed by atoms with Gasteiger partial charge >= 0.3 is 5.97 Å². The Labute approximate surface area is 218 Å². The highest BCUT2D eigenvalue weighted by Gasteiger charge is 2.69. The van der Waals surface area contributed by atoms with Crippen molar-refractivity contribution in [2.24, 2.45) is 50.2 Å². The largest absolute Gasteiger partial charge is 0.481 e. The van der Waals surface area contributed by atoms with Crippen LogP contribution in [0.1, 0.15) is 119 Å². The number of carboxylic acids is 1. The zero-order valence-electron chi connectivity index (χ0n) is 23.7. The van der Waals surface area contributed by atoms with Crippen LogP contribution in [-0.2, 0) is 9.59 Å². The molecule has 0 heterocycles. The molecule has 0 saturated heterocycles. The lowest BCUT2D eigenvalue weighted by atomic mass is 9.33. The summed E-state index contributed by atoms with van der Waals surface area (Å²) in [6, 6.07) is 0. The first kappa shape index (κ1) is 26.4. The Morgan fingerprint density at radius 3 is 2.28 bits per heavy atom. The van der Waals surface area contributed by atoms with Gasteiger partial charge in [0, 0.05) is 18.4 Å². The molecular weight excluding hydrogens is 448 g/mol. The van der Waals surface area contributed by atoms with Crippen LogP contribution < -0.4 is 0 Å². The molecule has 0 aromatic carbocycles. The normalized spacial score (nSPS) is 49.5. The molecule has 0 aliphatic heterocycles. The highest BCUT2D eigenvalue weighted by Crippen LogP contribution is 2.76. The number of fused-ring (bicyclic) bond motifs is 7. The van der Waals surface area contributed by atoms with Crippen LogP contribution in [0.25, 0.3) is 0 Å². The molecule has 4 saturated carbocycles. The molecule has 8 atom stereocenters. The van der Waals surface area contributed by atoms with Gasteiger partial charge in [-0.2, -0.15) is 0 Å². The Kier molecular flexibility index (Phi) is 6.00. The molecule has 0 spiro atoms. The average molecular weight is 499 g/mol. The van der Waals surface area contributed by atoms with Crippen molar-refractivity contribution < 1.29 is 19.8 Å². The fourth-order valence-corrected chi connectivity index (χ4v) is 11.1. The zero-order valence-corrected chi connectivity index (χ0v) is 23.7. The van der Waals surface area contributed by atoms with Crippen molar-refractivity contribution in [1.82, 2.24) is 0 Å². The number of allylic oxidation sites excluding steroid dienone is 2. The summed E-state index contributed by atoms with van der Waals surface area (Å²) in [7, 11) is 0. The number of carbonyl (C=O) groups excluding carboxylic acids is 1. The molecule has 5 aliphatic carbocycles. The molecular formula is C32H50O4. The lowest BCUT2D eigenvalue weighted by Crippen LogP contribution is -2.65. The summed E-state index contributed by atoms with van der Waals surface area (Å²) in [6.45, 7) is 13.8. The summed E-state index contributed by atoms with van der Waals surface area (Å²) in [4.78, 5) is 25.5. The topological polar surface area (TPSA) is 74.6 Å². The third kappa shape index (κ3) is 3.34. The van der Waals surface area contributed by atoms with Gasteiger partial charge in [0.05, 0.1) is 5.41 Å². The Morgan fingerprint density at radius 1 is 0.944 bits per heavy atom. The third-order valence-electron chi connectivity index (χ3n) is 13.4. The second kappa shape index (κ2) is 8.17. The summed E-state index contributed by atoms with van der Waals surface area (Å²) in [6.07, 6.45) is 14.2. The molecule has 0 amide bonds. The van der Waals surface area contributed by atoms with Gasteiger partial charge in [0.25, 0.3) is 0 Å². The Bertz CT molecular complexity index is 981. The van der Waals surface area contributed by atoms with Gasteiger partial charge in [0.15, 0.2) is 0 Å². The molecule has 36 heavy (non-hydrogen) atoms. The minimum absolute atomic E-state index is 0.0189. The smallest absolute Gasteiger partial charge is 0.309 e. The molecule has 0 aromatic rings. The predicted molar refractivity (Wildman–Crippen MR) is 142 cm³/mol. The van der Waals surface area contributed by atoms with Crippen molar-refractivity contribution in [3.05, 3.63) is 11.6 Å². The van der Waals surface area contributed by atoms with Crippen molar-refractivity contribution in [2.75, 3.05) is 6.61 Å². The number of ketones is 1. The molecule has 0 radical (unpaired) electrons. The maximum Gasteiger partial charge on any atom is 0.309 e. The van der Waals surface area contributed by atoms with E-state index in [9.17, 15) is 19.8 Å². The molecule has 5 aliphatic rings. The second-order valence-corrected chi connectivity index (χ2v) is 15.4. The average Bonchev–Trinajstić information content (AvgIpc) is 2.78. The van der Waals surface area contributed by atoms with Crippen LogP contribution in [0.3, 0.4) is 0 Å². The Hall–Kier alpha value is -1.16. The van der Waals surface area contributed by atoms with E-state index in [1.807, 2.05) is 6.92 Å². The lowest BCUT2D eigenvalue weighted by molar-refractivity contribution is -0.204. The predicted octanol–water partition coefficient (Wildman–Crippen LogP) is 7.19. The number of Topliss-reactive ketones (excluding diaryl/α,β-unsaturated/α-hetero) is 1. The highest BCUT2D eigenvalue weighted by molar-refractivity contribution is 5.78. The quantitative estimate of drug-likeness (QED) is 0.402. The van der Waals surface area contributed by atoms with E-state index in [4.69, 9.17) is 0 Å². The number of aliphatic hydroxyl groups is 1. The van der Waals surface area contributed by atoms with Gasteiger partial charge in [-0.3, -0.25) is 4.79 Å². The summed E-state index contributed by atoms with van der Waals surface area (Å²) >= 11 is 0. The van der Waals surface area contributed by atoms with E-state index in [-0.39, 0.29) is 40.0 Å². The molecule has 2 unspecified atom stereocenters. The van der Waals surface area contributed by atoms with Gasteiger partial charge in [-0.1, -0.05) is 45.8 Å². The van der Waals surface area contributed by atoms with E-state index in [2.05, 4.69) is 33.8 Å². The number of aliphatic hydroxyl groups excluding tert-OH is 1. The van der Waals surface area contributed by atoms with E-state index >= 15 is 0 Å². The zero-order chi connectivity index (χ0) is 26.4. The summed E-state index contributed by atoms with van der Waals surface area (Å²) in [5, 5.41) is 21.1. The van der Waals surface area contributed by atoms with Crippen LogP contribution in [0.4, 0.5) is 0 Å². The first-order chi connectivity index (χ1) is 16.7. The van der Waals surface area contributed by atoms with Gasteiger partial charge in [0.2, 0.25) is 0 Å². The SMILES string of the molecule is CC(=O)C[C@]12CCCC(C)(C(=O)O)C1CC[C@]1(C)[C@@H]2CC=C2[C@H]3CC(C)(C)CC[C@]3(CO)CC[C@]21C. The number of carbonyl (C=O) groups is 2. The lowest BCUT2D eigenvalue weighted by Gasteiger charge is -2.71. The summed E-state index contributed by atoms with van der Waals surface area (Å²) in [5.41, 5.74) is 1.02. The van der Waals surface area contributed by atoms with Crippen molar-refractivity contribution in [3.63, 3.8) is 0 Å². The van der Waals surface area contributed by atoms with Crippen LogP contribution in [0.2, 0.25) is 0 Å². The first-order valence-corrected chi connectivity index (χ1v) is 14.7. The number of hydrogen-bond donors (Lipinski definition) is 2.